The molecule has 0 spiro atoms. The average molecular weight is 381 g/mol. The highest BCUT2D eigenvalue weighted by Gasteiger charge is 2.35. The van der Waals surface area contributed by atoms with Crippen LogP contribution in [0, 0.1) is 5.92 Å². The molecule has 7 nitrogen and oxygen atoms in total. The molecule has 1 aromatic rings. The van der Waals surface area contributed by atoms with E-state index >= 15 is 0 Å². The van der Waals surface area contributed by atoms with Gasteiger partial charge in [-0.25, -0.2) is 15.0 Å². The second-order valence-corrected chi connectivity index (χ2v) is 6.88. The smallest absolute Gasteiger partial charge is 0.246 e. The lowest BCUT2D eigenvalue weighted by molar-refractivity contribution is -0.137. The van der Waals surface area contributed by atoms with Gasteiger partial charge >= 0.3 is 0 Å². The predicted molar refractivity (Wildman–Crippen MR) is 110 cm³/mol. The third kappa shape index (κ3) is 4.47. The van der Waals surface area contributed by atoms with Gasteiger partial charge in [0.1, 0.15) is 0 Å². The molecule has 7 heteroatoms. The Morgan fingerprint density at radius 1 is 1.25 bits per heavy atom. The molecule has 0 bridgehead atoms. The summed E-state index contributed by atoms with van der Waals surface area (Å²) in [5, 5.41) is 5.95. The summed E-state index contributed by atoms with van der Waals surface area (Å²) in [7, 11) is 1.59. The number of hydrazone groups is 1. The maximum atomic E-state index is 13.0. The zero-order valence-corrected chi connectivity index (χ0v) is 16.5. The molecule has 2 aliphatic heterocycles. The molecule has 2 aliphatic rings. The minimum absolute atomic E-state index is 0.0421. The lowest BCUT2D eigenvalue weighted by Crippen LogP contribution is -2.43. The second-order valence-electron chi connectivity index (χ2n) is 6.88. The third-order valence-corrected chi connectivity index (χ3v) is 5.07. The number of methoxy groups -OCH3 is 1. The Morgan fingerprint density at radius 2 is 1.96 bits per heavy atom. The van der Waals surface area contributed by atoms with Crippen LogP contribution in [0.3, 0.4) is 0 Å². The SMILES string of the molecule is C=C(/C=C\C=C/C)[C@@H]1CC=NN1C(=O)C1CCN(c2ncc(OC)cn2)CC1. The van der Waals surface area contributed by atoms with Crippen LogP contribution in [0.1, 0.15) is 26.2 Å². The van der Waals surface area contributed by atoms with Crippen LogP contribution >= 0.6 is 0 Å². The van der Waals surface area contributed by atoms with Crippen molar-refractivity contribution >= 4 is 18.1 Å². The number of allylic oxidation sites excluding steroid dienone is 3. The number of piperidine rings is 1. The molecule has 0 N–H and O–H groups in total. The molecule has 1 saturated heterocycles. The molecule has 1 fully saturated rings. The predicted octanol–water partition coefficient (Wildman–Crippen LogP) is 2.98. The first-order valence-electron chi connectivity index (χ1n) is 9.58. The van der Waals surface area contributed by atoms with Crippen LogP contribution in [0.4, 0.5) is 5.95 Å². The summed E-state index contributed by atoms with van der Waals surface area (Å²) in [5.74, 6) is 1.34. The molecule has 0 aromatic carbocycles. The summed E-state index contributed by atoms with van der Waals surface area (Å²) in [6.07, 6.45) is 15.1. The van der Waals surface area contributed by atoms with Gasteiger partial charge < -0.3 is 9.64 Å². The fraction of sp³-hybridized carbons (Fsp3) is 0.429. The van der Waals surface area contributed by atoms with Gasteiger partial charge in [-0.2, -0.15) is 5.10 Å². The van der Waals surface area contributed by atoms with Crippen LogP contribution in [0.15, 0.2) is 54.0 Å². The Balaban J connectivity index is 1.58. The van der Waals surface area contributed by atoms with Gasteiger partial charge in [0.15, 0.2) is 5.75 Å². The van der Waals surface area contributed by atoms with Gasteiger partial charge in [-0.05, 0) is 25.3 Å². The second kappa shape index (κ2) is 9.30. The zero-order chi connectivity index (χ0) is 19.9. The van der Waals surface area contributed by atoms with E-state index in [2.05, 4.69) is 26.5 Å². The lowest BCUT2D eigenvalue weighted by Gasteiger charge is -2.33. The summed E-state index contributed by atoms with van der Waals surface area (Å²) in [6.45, 7) is 7.57. The van der Waals surface area contributed by atoms with Gasteiger partial charge in [0.2, 0.25) is 11.9 Å². The molecule has 28 heavy (non-hydrogen) atoms. The van der Waals surface area contributed by atoms with E-state index < -0.39 is 0 Å². The number of carbonyl (C=O) groups excluding carboxylic acids is 1. The van der Waals surface area contributed by atoms with Crippen molar-refractivity contribution in [3.63, 3.8) is 0 Å². The third-order valence-electron chi connectivity index (χ3n) is 5.07. The van der Waals surface area contributed by atoms with E-state index in [1.165, 1.54) is 0 Å². The number of ether oxygens (including phenoxy) is 1. The van der Waals surface area contributed by atoms with Crippen molar-refractivity contribution in [2.24, 2.45) is 11.0 Å². The number of hydrogen-bond acceptors (Lipinski definition) is 6. The number of aromatic nitrogens is 2. The van der Waals surface area contributed by atoms with Gasteiger partial charge in [-0.1, -0.05) is 30.9 Å². The van der Waals surface area contributed by atoms with Crippen molar-refractivity contribution in [2.45, 2.75) is 32.2 Å². The summed E-state index contributed by atoms with van der Waals surface area (Å²) in [4.78, 5) is 23.8. The van der Waals surface area contributed by atoms with Crippen LogP contribution in [-0.2, 0) is 4.79 Å². The molecule has 1 atom stereocenters. The Bertz CT molecular complexity index is 776. The largest absolute Gasteiger partial charge is 0.494 e. The van der Waals surface area contributed by atoms with Gasteiger partial charge in [-0.3, -0.25) is 4.79 Å². The first kappa shape index (κ1) is 19.8. The van der Waals surface area contributed by atoms with Crippen molar-refractivity contribution in [2.75, 3.05) is 25.1 Å². The molecule has 3 rings (SSSR count). The van der Waals surface area contributed by atoms with Crippen LogP contribution in [0.25, 0.3) is 0 Å². The molecule has 0 unspecified atom stereocenters. The van der Waals surface area contributed by atoms with Gasteiger partial charge in [0, 0.05) is 31.6 Å². The standard InChI is InChI=1S/C21H27N5O2/c1-4-5-6-7-16(2)19-8-11-24-26(19)20(27)17-9-12-25(13-10-17)21-22-14-18(28-3)15-23-21/h4-7,11,14-15,17,19H,2,8-10,12-13H2,1,3H3/b5-4-,7-6-/t19-/m0/s1. The summed E-state index contributed by atoms with van der Waals surface area (Å²) in [6, 6.07) is -0.0862. The highest BCUT2D eigenvalue weighted by molar-refractivity contribution is 5.82. The molecule has 0 saturated carbocycles. The first-order chi connectivity index (χ1) is 13.6. The fourth-order valence-corrected chi connectivity index (χ4v) is 3.43. The van der Waals surface area contributed by atoms with E-state index in [1.807, 2.05) is 31.2 Å². The van der Waals surface area contributed by atoms with E-state index in [-0.39, 0.29) is 17.9 Å². The van der Waals surface area contributed by atoms with Crippen molar-refractivity contribution < 1.29 is 9.53 Å². The van der Waals surface area contributed by atoms with Crippen molar-refractivity contribution in [3.8, 4) is 5.75 Å². The zero-order valence-electron chi connectivity index (χ0n) is 16.5. The van der Waals surface area contributed by atoms with Crippen LogP contribution < -0.4 is 9.64 Å². The first-order valence-corrected chi connectivity index (χ1v) is 9.58. The molecule has 1 amide bonds. The normalized spacial score (nSPS) is 20.4. The molecule has 0 aliphatic carbocycles. The monoisotopic (exact) mass is 381 g/mol. The summed E-state index contributed by atoms with van der Waals surface area (Å²) >= 11 is 0. The molecular formula is C21H27N5O2. The van der Waals surface area contributed by atoms with Crippen LogP contribution in [-0.4, -0.2) is 53.3 Å². The van der Waals surface area contributed by atoms with Crippen molar-refractivity contribution in [1.82, 2.24) is 15.0 Å². The molecular weight excluding hydrogens is 354 g/mol. The minimum atomic E-state index is -0.0862. The van der Waals surface area contributed by atoms with E-state index in [0.29, 0.717) is 18.1 Å². The van der Waals surface area contributed by atoms with E-state index in [0.717, 1.165) is 31.5 Å². The number of anilines is 1. The molecule has 3 heterocycles. The van der Waals surface area contributed by atoms with E-state index in [1.54, 1.807) is 30.7 Å². The molecule has 148 valence electrons. The van der Waals surface area contributed by atoms with Crippen LogP contribution in [0.5, 0.6) is 5.75 Å². The summed E-state index contributed by atoms with van der Waals surface area (Å²) in [5.41, 5.74) is 0.896. The highest BCUT2D eigenvalue weighted by atomic mass is 16.5. The Labute approximate surface area is 166 Å². The van der Waals surface area contributed by atoms with Gasteiger partial charge in [0.05, 0.1) is 25.5 Å². The maximum absolute atomic E-state index is 13.0. The van der Waals surface area contributed by atoms with Gasteiger partial charge in [0.25, 0.3) is 0 Å². The van der Waals surface area contributed by atoms with E-state index in [9.17, 15) is 4.79 Å². The number of nitrogens with zero attached hydrogens (tertiary/aromatic N) is 5. The maximum Gasteiger partial charge on any atom is 0.246 e. The van der Waals surface area contributed by atoms with Crippen molar-refractivity contribution in [1.29, 1.82) is 0 Å². The van der Waals surface area contributed by atoms with Gasteiger partial charge in [-0.15, -0.1) is 0 Å². The molecule has 1 aromatic heterocycles. The Hall–Kier alpha value is -2.96. The molecule has 0 radical (unpaired) electrons. The average Bonchev–Trinajstić information content (AvgIpc) is 3.23. The summed E-state index contributed by atoms with van der Waals surface area (Å²) < 4.78 is 5.10. The number of hydrogen-bond donors (Lipinski definition) is 0. The Kier molecular flexibility index (Phi) is 6.57. The number of carbonyl (C=O) groups is 1. The lowest BCUT2D eigenvalue weighted by atomic mass is 9.94. The topological polar surface area (TPSA) is 70.9 Å². The van der Waals surface area contributed by atoms with Crippen LogP contribution in [0.2, 0.25) is 0 Å². The number of rotatable bonds is 6. The quantitative estimate of drug-likeness (QED) is 0.709. The minimum Gasteiger partial charge on any atom is -0.494 e. The van der Waals surface area contributed by atoms with Crippen molar-refractivity contribution in [3.05, 3.63) is 48.8 Å². The number of amides is 1. The van der Waals surface area contributed by atoms with E-state index in [4.69, 9.17) is 4.74 Å². The fourth-order valence-electron chi connectivity index (χ4n) is 3.43. The Morgan fingerprint density at radius 3 is 2.61 bits per heavy atom. The highest BCUT2D eigenvalue weighted by Crippen LogP contribution is 2.27.